The molecule has 0 spiro atoms. The summed E-state index contributed by atoms with van der Waals surface area (Å²) in [5.74, 6) is 0.0289. The van der Waals surface area contributed by atoms with E-state index < -0.39 is 19.8 Å². The van der Waals surface area contributed by atoms with Gasteiger partial charge in [-0.2, -0.15) is 5.10 Å². The molecule has 1 aromatic carbocycles. The number of nitrogens with one attached hydrogen (secondary N) is 2. The van der Waals surface area contributed by atoms with Gasteiger partial charge in [-0.05, 0) is 51.4 Å². The highest BCUT2D eigenvalue weighted by atomic mass is 28.3. The van der Waals surface area contributed by atoms with Crippen molar-refractivity contribution in [1.29, 1.82) is 0 Å². The third-order valence-electron chi connectivity index (χ3n) is 7.04. The average Bonchev–Trinajstić information content (AvgIpc) is 3.53. The Balaban J connectivity index is 1.58. The summed E-state index contributed by atoms with van der Waals surface area (Å²) in [6.07, 6.45) is 2.70. The Labute approximate surface area is 257 Å². The molecule has 0 radical (unpaired) electrons. The molecule has 0 saturated carbocycles. The van der Waals surface area contributed by atoms with Crippen LogP contribution >= 0.6 is 0 Å². The lowest BCUT2D eigenvalue weighted by Crippen LogP contribution is -2.37. The molecule has 0 unspecified atom stereocenters. The number of imidazole rings is 1. The molecule has 14 heteroatoms. The SMILES string of the molecule is C[C@@H]1COCc2cc(cc3c2cnn3COCC[Si](C)(C)C)Nc2cc(N(C)C(=O)OC(C)(C)C)c3ncc(n3n2)C(=O)N1. The predicted molar refractivity (Wildman–Crippen MR) is 171 cm³/mol. The van der Waals surface area contributed by atoms with Crippen molar-refractivity contribution in [2.75, 3.05) is 30.5 Å². The number of ether oxygens (including phenoxy) is 3. The topological polar surface area (TPSA) is 137 Å². The van der Waals surface area contributed by atoms with Gasteiger partial charge in [0.05, 0.1) is 36.8 Å². The van der Waals surface area contributed by atoms with Gasteiger partial charge in [0.2, 0.25) is 0 Å². The van der Waals surface area contributed by atoms with Crippen LogP contribution in [0.15, 0.2) is 30.6 Å². The molecule has 4 heterocycles. The predicted octanol–water partition coefficient (Wildman–Crippen LogP) is 5.15. The highest BCUT2D eigenvalue weighted by Gasteiger charge is 2.26. The molecule has 2 amide bonds. The van der Waals surface area contributed by atoms with Crippen molar-refractivity contribution in [3.8, 4) is 0 Å². The second-order valence-corrected chi connectivity index (χ2v) is 19.0. The summed E-state index contributed by atoms with van der Waals surface area (Å²) in [4.78, 5) is 32.2. The number of amides is 2. The van der Waals surface area contributed by atoms with E-state index in [9.17, 15) is 9.59 Å². The minimum absolute atomic E-state index is 0.219. The van der Waals surface area contributed by atoms with Crippen molar-refractivity contribution in [3.05, 3.63) is 41.9 Å². The van der Waals surface area contributed by atoms with Crippen molar-refractivity contribution >= 4 is 53.8 Å². The first kappa shape index (κ1) is 31.4. The molecule has 3 aromatic heterocycles. The fourth-order valence-corrected chi connectivity index (χ4v) is 5.51. The van der Waals surface area contributed by atoms with Crippen LogP contribution in [-0.4, -0.2) is 76.4 Å². The standard InChI is InChI=1S/C30H42N8O5Si/c1-19-16-42-17-20-11-21(12-23-22(20)14-32-37(23)18-41-9-10-44(6,7)8)34-26-13-24(36(5)29(40)43-30(2,3)4)27-31-15-25(28(39)33-19)38(27)35-26/h11-15,19H,9-10,16-18H2,1-8H3,(H,33,39)(H,34,35)/t19-/m1/s1. The van der Waals surface area contributed by atoms with Gasteiger partial charge in [-0.3, -0.25) is 9.69 Å². The van der Waals surface area contributed by atoms with Gasteiger partial charge in [0.15, 0.2) is 17.2 Å². The quantitative estimate of drug-likeness (QED) is 0.221. The Morgan fingerprint density at radius 2 is 1.98 bits per heavy atom. The number of fused-ring (bicyclic) bond motifs is 5. The van der Waals surface area contributed by atoms with Gasteiger partial charge >= 0.3 is 6.09 Å². The monoisotopic (exact) mass is 622 g/mol. The Kier molecular flexibility index (Phi) is 8.69. The number of anilines is 3. The molecular formula is C30H42N8O5Si. The number of nitrogens with zero attached hydrogens (tertiary/aromatic N) is 6. The number of carbonyl (C=O) groups is 2. The number of carbonyl (C=O) groups excluding carboxylic acids is 2. The summed E-state index contributed by atoms with van der Waals surface area (Å²) in [5.41, 5.74) is 2.80. The van der Waals surface area contributed by atoms with Crippen molar-refractivity contribution in [2.24, 2.45) is 0 Å². The van der Waals surface area contributed by atoms with Crippen molar-refractivity contribution < 1.29 is 23.8 Å². The lowest BCUT2D eigenvalue weighted by Gasteiger charge is -2.25. The minimum atomic E-state index is -1.22. The normalized spacial score (nSPS) is 16.1. The number of aromatic nitrogens is 5. The Morgan fingerprint density at radius 1 is 1.20 bits per heavy atom. The fraction of sp³-hybridized carbons (Fsp3) is 0.500. The molecule has 1 aliphatic rings. The third-order valence-corrected chi connectivity index (χ3v) is 8.75. The van der Waals surface area contributed by atoms with E-state index in [0.29, 0.717) is 43.7 Å². The van der Waals surface area contributed by atoms with Crippen LogP contribution < -0.4 is 15.5 Å². The number of rotatable bonds is 6. The van der Waals surface area contributed by atoms with E-state index in [1.165, 1.54) is 15.6 Å². The van der Waals surface area contributed by atoms with E-state index in [2.05, 4.69) is 40.4 Å². The Hall–Kier alpha value is -4.01. The van der Waals surface area contributed by atoms with Gasteiger partial charge in [0.1, 0.15) is 12.3 Å². The first-order valence-corrected chi connectivity index (χ1v) is 18.5. The van der Waals surface area contributed by atoms with Crippen molar-refractivity contribution in [2.45, 2.75) is 78.4 Å². The Bertz CT molecular complexity index is 1690. The summed E-state index contributed by atoms with van der Waals surface area (Å²) in [6.45, 7) is 15.9. The zero-order valence-electron chi connectivity index (χ0n) is 26.7. The molecule has 0 aliphatic carbocycles. The molecule has 44 heavy (non-hydrogen) atoms. The van der Waals surface area contributed by atoms with Crippen LogP contribution in [0.3, 0.4) is 0 Å². The van der Waals surface area contributed by atoms with Crippen LogP contribution in [0.4, 0.5) is 22.0 Å². The van der Waals surface area contributed by atoms with E-state index in [1.807, 2.05) is 29.9 Å². The number of hydrogen-bond acceptors (Lipinski definition) is 9. The van der Waals surface area contributed by atoms with E-state index in [4.69, 9.17) is 19.3 Å². The van der Waals surface area contributed by atoms with Crippen LogP contribution in [0.25, 0.3) is 16.6 Å². The summed E-state index contributed by atoms with van der Waals surface area (Å²) in [5, 5.41) is 16.6. The molecular weight excluding hydrogens is 580 g/mol. The lowest BCUT2D eigenvalue weighted by molar-refractivity contribution is 0.0589. The summed E-state index contributed by atoms with van der Waals surface area (Å²) in [7, 11) is 0.380. The van der Waals surface area contributed by atoms with Gasteiger partial charge in [-0.1, -0.05) is 19.6 Å². The molecule has 2 N–H and O–H groups in total. The number of hydrogen-bond donors (Lipinski definition) is 2. The zero-order valence-corrected chi connectivity index (χ0v) is 27.7. The average molecular weight is 623 g/mol. The second kappa shape index (κ2) is 12.2. The molecule has 1 aliphatic heterocycles. The number of benzene rings is 1. The van der Waals surface area contributed by atoms with E-state index in [0.717, 1.165) is 28.2 Å². The Morgan fingerprint density at radius 3 is 2.70 bits per heavy atom. The minimum Gasteiger partial charge on any atom is -0.443 e. The first-order valence-electron chi connectivity index (χ1n) is 14.8. The van der Waals surface area contributed by atoms with E-state index in [1.54, 1.807) is 33.9 Å². The highest BCUT2D eigenvalue weighted by Crippen LogP contribution is 2.30. The van der Waals surface area contributed by atoms with Gasteiger partial charge in [0.25, 0.3) is 5.91 Å². The van der Waals surface area contributed by atoms with Crippen molar-refractivity contribution in [1.82, 2.24) is 29.7 Å². The largest absolute Gasteiger partial charge is 0.443 e. The lowest BCUT2D eigenvalue weighted by atomic mass is 10.1. The van der Waals surface area contributed by atoms with Crippen LogP contribution in [0.1, 0.15) is 43.7 Å². The molecule has 0 fully saturated rings. The van der Waals surface area contributed by atoms with Crippen LogP contribution in [0.5, 0.6) is 0 Å². The summed E-state index contributed by atoms with van der Waals surface area (Å²) >= 11 is 0. The third kappa shape index (κ3) is 7.19. The molecule has 4 aromatic rings. The van der Waals surface area contributed by atoms with Gasteiger partial charge in [0, 0.05) is 44.9 Å². The zero-order chi connectivity index (χ0) is 31.8. The second-order valence-electron chi connectivity index (χ2n) is 13.4. The maximum atomic E-state index is 13.3. The van der Waals surface area contributed by atoms with Crippen molar-refractivity contribution in [3.63, 3.8) is 0 Å². The van der Waals surface area contributed by atoms with Crippen LogP contribution in [0.2, 0.25) is 25.7 Å². The molecule has 4 bridgehead atoms. The molecule has 13 nitrogen and oxygen atoms in total. The summed E-state index contributed by atoms with van der Waals surface area (Å²) in [6, 6.07) is 6.46. The van der Waals surface area contributed by atoms with E-state index in [-0.39, 0.29) is 17.6 Å². The first-order chi connectivity index (χ1) is 20.7. The molecule has 0 saturated heterocycles. The highest BCUT2D eigenvalue weighted by molar-refractivity contribution is 6.76. The fourth-order valence-electron chi connectivity index (χ4n) is 4.75. The van der Waals surface area contributed by atoms with Gasteiger partial charge < -0.3 is 24.8 Å². The molecule has 5 rings (SSSR count). The van der Waals surface area contributed by atoms with E-state index >= 15 is 0 Å². The summed E-state index contributed by atoms with van der Waals surface area (Å²) < 4.78 is 21.0. The van der Waals surface area contributed by atoms with Crippen LogP contribution in [0, 0.1) is 0 Å². The van der Waals surface area contributed by atoms with Crippen LogP contribution in [-0.2, 0) is 27.5 Å². The molecule has 1 atom stereocenters. The maximum Gasteiger partial charge on any atom is 0.414 e. The van der Waals surface area contributed by atoms with Gasteiger partial charge in [-0.25, -0.2) is 19.0 Å². The maximum absolute atomic E-state index is 13.3. The van der Waals surface area contributed by atoms with Gasteiger partial charge in [-0.15, -0.1) is 5.10 Å². The molecule has 236 valence electrons. The smallest absolute Gasteiger partial charge is 0.414 e.